The van der Waals surface area contributed by atoms with Crippen molar-refractivity contribution in [1.29, 1.82) is 0 Å². The Morgan fingerprint density at radius 1 is 1.00 bits per heavy atom. The minimum absolute atomic E-state index is 0.0189. The van der Waals surface area contributed by atoms with E-state index in [1.165, 1.54) is 5.56 Å². The third-order valence-corrected chi connectivity index (χ3v) is 3.66. The van der Waals surface area contributed by atoms with E-state index in [1.54, 1.807) is 14.2 Å². The first kappa shape index (κ1) is 15.4. The fourth-order valence-corrected chi connectivity index (χ4v) is 2.45. The van der Waals surface area contributed by atoms with Gasteiger partial charge in [-0.2, -0.15) is 0 Å². The zero-order valence-corrected chi connectivity index (χ0v) is 12.7. The second kappa shape index (κ2) is 7.70. The Balaban J connectivity index is 1.95. The van der Waals surface area contributed by atoms with Crippen LogP contribution in [0.15, 0.2) is 48.5 Å². The van der Waals surface area contributed by atoms with Gasteiger partial charge in [-0.15, -0.1) is 0 Å². The number of hydrogen-bond donors (Lipinski definition) is 1. The van der Waals surface area contributed by atoms with Crippen LogP contribution in [-0.2, 0) is 6.42 Å². The molecule has 0 bridgehead atoms. The predicted molar refractivity (Wildman–Crippen MR) is 85.9 cm³/mol. The lowest BCUT2D eigenvalue weighted by atomic mass is 9.99. The van der Waals surface area contributed by atoms with Gasteiger partial charge in [0.1, 0.15) is 11.5 Å². The zero-order valence-electron chi connectivity index (χ0n) is 12.7. The molecule has 0 amide bonds. The smallest absolute Gasteiger partial charge is 0.127 e. The van der Waals surface area contributed by atoms with Crippen LogP contribution >= 0.6 is 0 Å². The highest BCUT2D eigenvalue weighted by Gasteiger charge is 2.12. The highest BCUT2D eigenvalue weighted by molar-refractivity contribution is 5.42. The van der Waals surface area contributed by atoms with Crippen molar-refractivity contribution >= 4 is 0 Å². The van der Waals surface area contributed by atoms with Crippen LogP contribution in [-0.4, -0.2) is 14.2 Å². The van der Waals surface area contributed by atoms with Gasteiger partial charge in [0.15, 0.2) is 0 Å². The Kier molecular flexibility index (Phi) is 5.64. The minimum atomic E-state index is -0.0189. The van der Waals surface area contributed by atoms with E-state index < -0.39 is 0 Å². The van der Waals surface area contributed by atoms with Gasteiger partial charge in [0, 0.05) is 17.7 Å². The van der Waals surface area contributed by atoms with Crippen molar-refractivity contribution in [3.63, 3.8) is 0 Å². The fourth-order valence-electron chi connectivity index (χ4n) is 2.45. The van der Waals surface area contributed by atoms with Crippen LogP contribution in [0.25, 0.3) is 0 Å². The van der Waals surface area contributed by atoms with Crippen LogP contribution < -0.4 is 15.2 Å². The van der Waals surface area contributed by atoms with Gasteiger partial charge in [-0.25, -0.2) is 0 Å². The molecule has 0 saturated carbocycles. The predicted octanol–water partition coefficient (Wildman–Crippen LogP) is 3.73. The van der Waals surface area contributed by atoms with E-state index >= 15 is 0 Å². The van der Waals surface area contributed by atoms with Crippen molar-refractivity contribution in [3.05, 3.63) is 59.7 Å². The van der Waals surface area contributed by atoms with Gasteiger partial charge in [-0.3, -0.25) is 0 Å². The number of hydrogen-bond acceptors (Lipinski definition) is 3. The summed E-state index contributed by atoms with van der Waals surface area (Å²) >= 11 is 0. The molecule has 0 fully saturated rings. The summed E-state index contributed by atoms with van der Waals surface area (Å²) in [6.07, 6.45) is 3.03. The van der Waals surface area contributed by atoms with Gasteiger partial charge in [-0.05, 0) is 30.9 Å². The molecule has 0 radical (unpaired) electrons. The lowest BCUT2D eigenvalue weighted by molar-refractivity contribution is 0.387. The van der Waals surface area contributed by atoms with E-state index in [0.29, 0.717) is 0 Å². The Morgan fingerprint density at radius 3 is 2.43 bits per heavy atom. The molecule has 2 aromatic rings. The van der Waals surface area contributed by atoms with Crippen LogP contribution in [0.3, 0.4) is 0 Å². The van der Waals surface area contributed by atoms with E-state index in [4.69, 9.17) is 15.2 Å². The molecule has 2 rings (SSSR count). The third kappa shape index (κ3) is 4.23. The standard InChI is InChI=1S/C18H23NO2/c1-20-15-11-12-16(18(13-15)21-2)17(19)10-6-9-14-7-4-3-5-8-14/h3-5,7-8,11-13,17H,6,9-10,19H2,1-2H3. The quantitative estimate of drug-likeness (QED) is 0.843. The average molecular weight is 285 g/mol. The van der Waals surface area contributed by atoms with Crippen LogP contribution in [0.1, 0.15) is 30.0 Å². The Hall–Kier alpha value is -2.00. The third-order valence-electron chi connectivity index (χ3n) is 3.66. The first-order valence-electron chi connectivity index (χ1n) is 7.26. The van der Waals surface area contributed by atoms with Crippen LogP contribution in [0.2, 0.25) is 0 Å². The van der Waals surface area contributed by atoms with Crippen LogP contribution in [0.4, 0.5) is 0 Å². The minimum Gasteiger partial charge on any atom is -0.497 e. The first-order valence-corrected chi connectivity index (χ1v) is 7.26. The van der Waals surface area contributed by atoms with Crippen molar-refractivity contribution in [2.24, 2.45) is 5.73 Å². The molecule has 0 heterocycles. The SMILES string of the molecule is COc1ccc(C(N)CCCc2ccccc2)c(OC)c1. The maximum absolute atomic E-state index is 6.31. The summed E-state index contributed by atoms with van der Waals surface area (Å²) in [6, 6.07) is 16.3. The molecule has 3 heteroatoms. The molecular weight excluding hydrogens is 262 g/mol. The summed E-state index contributed by atoms with van der Waals surface area (Å²) in [7, 11) is 3.31. The van der Waals surface area contributed by atoms with Gasteiger partial charge < -0.3 is 15.2 Å². The largest absolute Gasteiger partial charge is 0.497 e. The monoisotopic (exact) mass is 285 g/mol. The maximum Gasteiger partial charge on any atom is 0.127 e. The van der Waals surface area contributed by atoms with E-state index in [1.807, 2.05) is 24.3 Å². The molecular formula is C18H23NO2. The van der Waals surface area contributed by atoms with E-state index in [-0.39, 0.29) is 6.04 Å². The topological polar surface area (TPSA) is 44.5 Å². The van der Waals surface area contributed by atoms with E-state index in [9.17, 15) is 0 Å². The van der Waals surface area contributed by atoms with Crippen molar-refractivity contribution in [2.75, 3.05) is 14.2 Å². The Morgan fingerprint density at radius 2 is 1.76 bits per heavy atom. The number of rotatable bonds is 7. The van der Waals surface area contributed by atoms with Crippen molar-refractivity contribution < 1.29 is 9.47 Å². The molecule has 0 saturated heterocycles. The Labute approximate surface area is 126 Å². The van der Waals surface area contributed by atoms with Gasteiger partial charge in [0.05, 0.1) is 14.2 Å². The summed E-state index contributed by atoms with van der Waals surface area (Å²) in [5.74, 6) is 1.58. The number of benzene rings is 2. The van der Waals surface area contributed by atoms with E-state index in [0.717, 1.165) is 36.3 Å². The lowest BCUT2D eigenvalue weighted by Crippen LogP contribution is -2.12. The maximum atomic E-state index is 6.31. The molecule has 0 aliphatic rings. The van der Waals surface area contributed by atoms with Gasteiger partial charge in [-0.1, -0.05) is 36.4 Å². The molecule has 2 aromatic carbocycles. The molecule has 21 heavy (non-hydrogen) atoms. The van der Waals surface area contributed by atoms with Crippen LogP contribution in [0, 0.1) is 0 Å². The molecule has 0 spiro atoms. The second-order valence-corrected chi connectivity index (χ2v) is 5.09. The Bertz CT molecular complexity index is 554. The number of ether oxygens (including phenoxy) is 2. The molecule has 3 nitrogen and oxygen atoms in total. The van der Waals surface area contributed by atoms with Crippen molar-refractivity contribution in [3.8, 4) is 11.5 Å². The van der Waals surface area contributed by atoms with E-state index in [2.05, 4.69) is 24.3 Å². The molecule has 1 unspecified atom stereocenters. The summed E-state index contributed by atoms with van der Waals surface area (Å²) in [6.45, 7) is 0. The summed E-state index contributed by atoms with van der Waals surface area (Å²) in [4.78, 5) is 0. The first-order chi connectivity index (χ1) is 10.2. The van der Waals surface area contributed by atoms with Gasteiger partial charge in [0.25, 0.3) is 0 Å². The van der Waals surface area contributed by atoms with Gasteiger partial charge >= 0.3 is 0 Å². The van der Waals surface area contributed by atoms with Crippen molar-refractivity contribution in [1.82, 2.24) is 0 Å². The number of nitrogens with two attached hydrogens (primary N) is 1. The normalized spacial score (nSPS) is 12.0. The molecule has 1 atom stereocenters. The molecule has 0 aliphatic heterocycles. The highest BCUT2D eigenvalue weighted by Crippen LogP contribution is 2.30. The summed E-state index contributed by atoms with van der Waals surface area (Å²) < 4.78 is 10.6. The molecule has 0 aliphatic carbocycles. The molecule has 112 valence electrons. The zero-order chi connectivity index (χ0) is 15.1. The molecule has 0 aromatic heterocycles. The highest BCUT2D eigenvalue weighted by atomic mass is 16.5. The second-order valence-electron chi connectivity index (χ2n) is 5.09. The number of aryl methyl sites for hydroxylation is 1. The summed E-state index contributed by atoms with van der Waals surface area (Å²) in [5, 5.41) is 0. The average Bonchev–Trinajstić information content (AvgIpc) is 2.55. The van der Waals surface area contributed by atoms with Gasteiger partial charge in [0.2, 0.25) is 0 Å². The van der Waals surface area contributed by atoms with Crippen molar-refractivity contribution in [2.45, 2.75) is 25.3 Å². The molecule has 2 N–H and O–H groups in total. The van der Waals surface area contributed by atoms with Crippen LogP contribution in [0.5, 0.6) is 11.5 Å². The number of methoxy groups -OCH3 is 2. The summed E-state index contributed by atoms with van der Waals surface area (Å²) in [5.41, 5.74) is 8.69. The lowest BCUT2D eigenvalue weighted by Gasteiger charge is -2.16. The fraction of sp³-hybridized carbons (Fsp3) is 0.333.